The van der Waals surface area contributed by atoms with Crippen LogP contribution < -0.4 is 5.73 Å². The molecule has 2 heteroatoms. The highest BCUT2D eigenvalue weighted by molar-refractivity contribution is 5.25. The van der Waals surface area contributed by atoms with Crippen molar-refractivity contribution in [1.29, 1.82) is 0 Å². The fourth-order valence-electron chi connectivity index (χ4n) is 3.05. The molecular weight excluding hydrogens is 232 g/mol. The summed E-state index contributed by atoms with van der Waals surface area (Å²) in [6.45, 7) is 10.0. The van der Waals surface area contributed by atoms with Crippen molar-refractivity contribution in [2.45, 2.75) is 39.7 Å². The van der Waals surface area contributed by atoms with E-state index in [0.29, 0.717) is 12.6 Å². The summed E-state index contributed by atoms with van der Waals surface area (Å²) in [5.74, 6) is 1.62. The Morgan fingerprint density at radius 3 is 2.42 bits per heavy atom. The molecule has 1 aliphatic rings. The van der Waals surface area contributed by atoms with Crippen molar-refractivity contribution in [1.82, 2.24) is 4.90 Å². The van der Waals surface area contributed by atoms with Crippen molar-refractivity contribution in [3.05, 3.63) is 35.4 Å². The van der Waals surface area contributed by atoms with E-state index in [1.165, 1.54) is 30.6 Å². The summed E-state index contributed by atoms with van der Waals surface area (Å²) in [6, 6.07) is 9.40. The smallest absolute Gasteiger partial charge is 0.0470 e. The second-order valence-electron chi connectivity index (χ2n) is 6.08. The van der Waals surface area contributed by atoms with Crippen LogP contribution in [0.25, 0.3) is 0 Å². The number of likely N-dealkylation sites (tertiary alicyclic amines) is 1. The lowest BCUT2D eigenvalue weighted by atomic mass is 9.87. The van der Waals surface area contributed by atoms with Crippen molar-refractivity contribution in [2.75, 3.05) is 19.6 Å². The largest absolute Gasteiger partial charge is 0.329 e. The molecule has 19 heavy (non-hydrogen) atoms. The van der Waals surface area contributed by atoms with Gasteiger partial charge in [0.25, 0.3) is 0 Å². The molecule has 3 atom stereocenters. The zero-order valence-corrected chi connectivity index (χ0v) is 12.6. The van der Waals surface area contributed by atoms with Gasteiger partial charge in [-0.15, -0.1) is 0 Å². The van der Waals surface area contributed by atoms with Gasteiger partial charge in [-0.3, -0.25) is 4.90 Å². The Hall–Kier alpha value is -0.860. The van der Waals surface area contributed by atoms with Gasteiger partial charge in [0.15, 0.2) is 0 Å². The lowest BCUT2D eigenvalue weighted by molar-refractivity contribution is 0.0983. The lowest BCUT2D eigenvalue weighted by Gasteiger charge is -2.40. The van der Waals surface area contributed by atoms with Crippen molar-refractivity contribution in [3.63, 3.8) is 0 Å². The zero-order valence-electron chi connectivity index (χ0n) is 12.6. The van der Waals surface area contributed by atoms with Gasteiger partial charge in [0.2, 0.25) is 0 Å². The summed E-state index contributed by atoms with van der Waals surface area (Å²) >= 11 is 0. The molecule has 1 heterocycles. The maximum absolute atomic E-state index is 6.04. The van der Waals surface area contributed by atoms with Crippen molar-refractivity contribution in [3.8, 4) is 0 Å². The average Bonchev–Trinajstić information content (AvgIpc) is 2.44. The van der Waals surface area contributed by atoms with Crippen LogP contribution in [-0.2, 0) is 6.42 Å². The number of benzene rings is 1. The van der Waals surface area contributed by atoms with Crippen LogP contribution in [0.3, 0.4) is 0 Å². The number of nitrogens with zero attached hydrogens (tertiary/aromatic N) is 1. The number of piperidine rings is 1. The minimum absolute atomic E-state index is 0.390. The van der Waals surface area contributed by atoms with E-state index in [9.17, 15) is 0 Å². The molecule has 2 rings (SSSR count). The van der Waals surface area contributed by atoms with Gasteiger partial charge in [-0.2, -0.15) is 0 Å². The third-order valence-electron chi connectivity index (χ3n) is 4.80. The monoisotopic (exact) mass is 260 g/mol. The first kappa shape index (κ1) is 14.5. The molecule has 2 N–H and O–H groups in total. The standard InChI is InChI=1S/C17H28N2/c1-4-15-5-7-16(8-6-15)17(11-18)19-10-9-13(2)14(3)12-19/h5-8,13-14,17H,4,9-12,18H2,1-3H3. The highest BCUT2D eigenvalue weighted by Gasteiger charge is 2.27. The fourth-order valence-corrected chi connectivity index (χ4v) is 3.05. The number of aryl methyl sites for hydroxylation is 1. The zero-order chi connectivity index (χ0) is 13.8. The number of hydrogen-bond donors (Lipinski definition) is 1. The van der Waals surface area contributed by atoms with E-state index in [0.717, 1.165) is 18.3 Å². The summed E-state index contributed by atoms with van der Waals surface area (Å²) < 4.78 is 0. The molecule has 0 aromatic heterocycles. The lowest BCUT2D eigenvalue weighted by Crippen LogP contribution is -2.43. The Bertz CT molecular complexity index is 385. The van der Waals surface area contributed by atoms with Gasteiger partial charge >= 0.3 is 0 Å². The first-order valence-electron chi connectivity index (χ1n) is 7.68. The third-order valence-corrected chi connectivity index (χ3v) is 4.80. The Morgan fingerprint density at radius 1 is 1.21 bits per heavy atom. The molecule has 3 unspecified atom stereocenters. The van der Waals surface area contributed by atoms with Crippen LogP contribution in [0.5, 0.6) is 0 Å². The highest BCUT2D eigenvalue weighted by atomic mass is 15.2. The van der Waals surface area contributed by atoms with Gasteiger partial charge in [0.1, 0.15) is 0 Å². The molecule has 0 radical (unpaired) electrons. The predicted octanol–water partition coefficient (Wildman–Crippen LogP) is 3.23. The molecule has 1 aromatic carbocycles. The maximum atomic E-state index is 6.04. The second-order valence-corrected chi connectivity index (χ2v) is 6.08. The van der Waals surface area contributed by atoms with Crippen molar-refractivity contribution in [2.24, 2.45) is 17.6 Å². The Kier molecular flexibility index (Phi) is 5.00. The summed E-state index contributed by atoms with van der Waals surface area (Å²) in [5.41, 5.74) is 8.82. The van der Waals surface area contributed by atoms with Crippen LogP contribution in [0, 0.1) is 11.8 Å². The van der Waals surface area contributed by atoms with Crippen LogP contribution in [0.15, 0.2) is 24.3 Å². The highest BCUT2D eigenvalue weighted by Crippen LogP contribution is 2.29. The van der Waals surface area contributed by atoms with Gasteiger partial charge in [-0.05, 0) is 42.3 Å². The van der Waals surface area contributed by atoms with Crippen LogP contribution in [0.1, 0.15) is 44.4 Å². The molecule has 0 amide bonds. The van der Waals surface area contributed by atoms with Crippen molar-refractivity contribution < 1.29 is 0 Å². The average molecular weight is 260 g/mol. The van der Waals surface area contributed by atoms with Gasteiger partial charge < -0.3 is 5.73 Å². The summed E-state index contributed by atoms with van der Waals surface area (Å²) in [5, 5.41) is 0. The molecule has 1 aliphatic heterocycles. The number of hydrogen-bond acceptors (Lipinski definition) is 2. The third kappa shape index (κ3) is 3.37. The summed E-state index contributed by atoms with van der Waals surface area (Å²) in [6.07, 6.45) is 2.40. The topological polar surface area (TPSA) is 29.3 Å². The molecule has 0 aliphatic carbocycles. The molecule has 2 nitrogen and oxygen atoms in total. The molecule has 106 valence electrons. The van der Waals surface area contributed by atoms with E-state index < -0.39 is 0 Å². The molecule has 1 fully saturated rings. The molecule has 1 aromatic rings. The van der Waals surface area contributed by atoms with Crippen LogP contribution >= 0.6 is 0 Å². The summed E-state index contributed by atoms with van der Waals surface area (Å²) in [7, 11) is 0. The van der Waals surface area contributed by atoms with Crippen LogP contribution in [0.4, 0.5) is 0 Å². The second kappa shape index (κ2) is 6.53. The fraction of sp³-hybridized carbons (Fsp3) is 0.647. The van der Waals surface area contributed by atoms with E-state index >= 15 is 0 Å². The minimum atomic E-state index is 0.390. The first-order chi connectivity index (χ1) is 9.15. The Morgan fingerprint density at radius 2 is 1.89 bits per heavy atom. The Balaban J connectivity index is 2.10. The Labute approximate surface area is 118 Å². The minimum Gasteiger partial charge on any atom is -0.329 e. The summed E-state index contributed by atoms with van der Waals surface area (Å²) in [4.78, 5) is 2.58. The SMILES string of the molecule is CCc1ccc(C(CN)N2CCC(C)C(C)C2)cc1. The first-order valence-corrected chi connectivity index (χ1v) is 7.68. The quantitative estimate of drug-likeness (QED) is 0.900. The maximum Gasteiger partial charge on any atom is 0.0470 e. The van der Waals surface area contributed by atoms with Gasteiger partial charge in [0, 0.05) is 19.1 Å². The molecular formula is C17H28N2. The van der Waals surface area contributed by atoms with Crippen LogP contribution in [0.2, 0.25) is 0 Å². The number of rotatable bonds is 4. The number of nitrogens with two attached hydrogens (primary N) is 1. The van der Waals surface area contributed by atoms with Gasteiger partial charge in [-0.25, -0.2) is 0 Å². The van der Waals surface area contributed by atoms with E-state index in [4.69, 9.17) is 5.73 Å². The van der Waals surface area contributed by atoms with E-state index in [1.54, 1.807) is 0 Å². The van der Waals surface area contributed by atoms with E-state index in [2.05, 4.69) is 49.9 Å². The van der Waals surface area contributed by atoms with Crippen molar-refractivity contribution >= 4 is 0 Å². The molecule has 0 spiro atoms. The van der Waals surface area contributed by atoms with E-state index in [-0.39, 0.29) is 0 Å². The molecule has 1 saturated heterocycles. The van der Waals surface area contributed by atoms with E-state index in [1.807, 2.05) is 0 Å². The molecule has 0 bridgehead atoms. The molecule has 0 saturated carbocycles. The predicted molar refractivity (Wildman–Crippen MR) is 82.1 cm³/mol. The normalized spacial score (nSPS) is 26.3. The van der Waals surface area contributed by atoms with Crippen LogP contribution in [-0.4, -0.2) is 24.5 Å². The van der Waals surface area contributed by atoms with Gasteiger partial charge in [-0.1, -0.05) is 45.0 Å². The van der Waals surface area contributed by atoms with Gasteiger partial charge in [0.05, 0.1) is 0 Å².